The summed E-state index contributed by atoms with van der Waals surface area (Å²) >= 11 is 0. The number of para-hydroxylation sites is 1. The van der Waals surface area contributed by atoms with Gasteiger partial charge in [0.25, 0.3) is 0 Å². The van der Waals surface area contributed by atoms with Crippen LogP contribution in [0.4, 0.5) is 0 Å². The molecule has 21 heavy (non-hydrogen) atoms. The third-order valence-corrected chi connectivity index (χ3v) is 3.72. The van der Waals surface area contributed by atoms with Crippen LogP contribution in [0.1, 0.15) is 37.0 Å². The Morgan fingerprint density at radius 1 is 1.29 bits per heavy atom. The van der Waals surface area contributed by atoms with Gasteiger partial charge in [0, 0.05) is 11.9 Å². The van der Waals surface area contributed by atoms with Crippen LogP contribution in [0.5, 0.6) is 0 Å². The number of aromatic nitrogens is 2. The van der Waals surface area contributed by atoms with Gasteiger partial charge in [0.2, 0.25) is 0 Å². The second-order valence-electron chi connectivity index (χ2n) is 5.02. The fourth-order valence-electron chi connectivity index (χ4n) is 2.60. The molecule has 0 fully saturated rings. The maximum atomic E-state index is 5.93. The average Bonchev–Trinajstić information content (AvgIpc) is 3.11. The summed E-state index contributed by atoms with van der Waals surface area (Å²) in [4.78, 5) is 0. The van der Waals surface area contributed by atoms with E-state index >= 15 is 0 Å². The van der Waals surface area contributed by atoms with Crippen LogP contribution in [0.3, 0.4) is 0 Å². The van der Waals surface area contributed by atoms with E-state index in [1.165, 1.54) is 0 Å². The molecule has 0 spiro atoms. The Morgan fingerprint density at radius 3 is 2.76 bits per heavy atom. The van der Waals surface area contributed by atoms with Crippen LogP contribution in [-0.4, -0.2) is 9.78 Å². The van der Waals surface area contributed by atoms with Gasteiger partial charge >= 0.3 is 0 Å². The zero-order chi connectivity index (χ0) is 14.8. The van der Waals surface area contributed by atoms with Crippen LogP contribution in [-0.2, 0) is 13.0 Å². The van der Waals surface area contributed by atoms with Crippen molar-refractivity contribution in [3.63, 3.8) is 0 Å². The fourth-order valence-corrected chi connectivity index (χ4v) is 2.60. The molecule has 0 bridgehead atoms. The van der Waals surface area contributed by atoms with Crippen molar-refractivity contribution in [3.8, 4) is 0 Å². The number of nitrogens with two attached hydrogens (primary N) is 1. The van der Waals surface area contributed by atoms with Gasteiger partial charge in [-0.3, -0.25) is 10.5 Å². The minimum absolute atomic E-state index is 0.204. The van der Waals surface area contributed by atoms with Crippen molar-refractivity contribution in [2.75, 3.05) is 0 Å². The Balaban J connectivity index is 2.06. The van der Waals surface area contributed by atoms with Crippen LogP contribution in [0.25, 0.3) is 11.0 Å². The predicted octanol–water partition coefficient (Wildman–Crippen LogP) is 2.76. The normalized spacial score (nSPS) is 12.9. The van der Waals surface area contributed by atoms with Crippen LogP contribution >= 0.6 is 0 Å². The van der Waals surface area contributed by atoms with Crippen LogP contribution in [0.2, 0.25) is 0 Å². The minimum atomic E-state index is -0.204. The monoisotopic (exact) mass is 284 g/mol. The topological polar surface area (TPSA) is 69.0 Å². The van der Waals surface area contributed by atoms with Crippen molar-refractivity contribution in [3.05, 3.63) is 53.5 Å². The largest absolute Gasteiger partial charge is 0.459 e. The number of fused-ring (bicyclic) bond motifs is 1. The number of benzene rings is 1. The van der Waals surface area contributed by atoms with Gasteiger partial charge in [0.05, 0.1) is 11.4 Å². The lowest BCUT2D eigenvalue weighted by Gasteiger charge is -2.14. The summed E-state index contributed by atoms with van der Waals surface area (Å²) in [6, 6.07) is 11.9. The van der Waals surface area contributed by atoms with E-state index in [1.807, 2.05) is 35.0 Å². The molecule has 0 saturated carbocycles. The Labute approximate surface area is 123 Å². The first-order valence-corrected chi connectivity index (χ1v) is 7.28. The number of hydrogen-bond donors (Lipinski definition) is 2. The van der Waals surface area contributed by atoms with E-state index in [0.29, 0.717) is 0 Å². The summed E-state index contributed by atoms with van der Waals surface area (Å²) in [5, 5.41) is 5.65. The van der Waals surface area contributed by atoms with Crippen molar-refractivity contribution < 1.29 is 4.42 Å². The molecular weight excluding hydrogens is 264 g/mol. The Bertz CT molecular complexity index is 711. The lowest BCUT2D eigenvalue weighted by atomic mass is 10.1. The van der Waals surface area contributed by atoms with Gasteiger partial charge in [-0.25, -0.2) is 5.43 Å². The number of hydrazine groups is 1. The summed E-state index contributed by atoms with van der Waals surface area (Å²) in [7, 11) is 0. The molecule has 0 aliphatic heterocycles. The van der Waals surface area contributed by atoms with Gasteiger partial charge in [-0.1, -0.05) is 25.1 Å². The summed E-state index contributed by atoms with van der Waals surface area (Å²) in [5.74, 6) is 6.58. The SMILES string of the molecule is CCc1cc(C(NN)c2cc3ccccc3o2)n(CC)n1. The molecule has 3 rings (SSSR count). The molecule has 0 aliphatic rings. The Morgan fingerprint density at radius 2 is 2.10 bits per heavy atom. The third kappa shape index (κ3) is 2.46. The molecular formula is C16H20N4O. The Hall–Kier alpha value is -2.11. The van der Waals surface area contributed by atoms with E-state index in [0.717, 1.165) is 41.1 Å². The molecule has 110 valence electrons. The summed E-state index contributed by atoms with van der Waals surface area (Å²) in [6.45, 7) is 4.97. The number of rotatable bonds is 5. The second kappa shape index (κ2) is 5.71. The number of nitrogens with zero attached hydrogens (tertiary/aromatic N) is 2. The summed E-state index contributed by atoms with van der Waals surface area (Å²) < 4.78 is 7.90. The van der Waals surface area contributed by atoms with Crippen molar-refractivity contribution >= 4 is 11.0 Å². The smallest absolute Gasteiger partial charge is 0.134 e. The zero-order valence-corrected chi connectivity index (χ0v) is 12.3. The molecule has 2 aromatic heterocycles. The first-order chi connectivity index (χ1) is 10.3. The second-order valence-corrected chi connectivity index (χ2v) is 5.02. The first-order valence-electron chi connectivity index (χ1n) is 7.28. The van der Waals surface area contributed by atoms with E-state index in [9.17, 15) is 0 Å². The molecule has 5 nitrogen and oxygen atoms in total. The van der Waals surface area contributed by atoms with Crippen LogP contribution in [0.15, 0.2) is 40.8 Å². The van der Waals surface area contributed by atoms with Crippen LogP contribution < -0.4 is 11.3 Å². The van der Waals surface area contributed by atoms with Crippen molar-refractivity contribution in [1.29, 1.82) is 0 Å². The lowest BCUT2D eigenvalue weighted by Crippen LogP contribution is -2.30. The Kier molecular flexibility index (Phi) is 3.77. The van der Waals surface area contributed by atoms with E-state index in [1.54, 1.807) is 0 Å². The van der Waals surface area contributed by atoms with E-state index in [2.05, 4.69) is 30.4 Å². The number of hydrogen-bond acceptors (Lipinski definition) is 4. The van der Waals surface area contributed by atoms with Crippen molar-refractivity contribution in [2.24, 2.45) is 5.84 Å². The molecule has 0 radical (unpaired) electrons. The first kappa shape index (κ1) is 13.9. The predicted molar refractivity (Wildman–Crippen MR) is 82.7 cm³/mol. The molecule has 5 heteroatoms. The van der Waals surface area contributed by atoms with Crippen molar-refractivity contribution in [2.45, 2.75) is 32.9 Å². The molecule has 3 aromatic rings. The molecule has 2 heterocycles. The molecule has 0 amide bonds. The molecule has 3 N–H and O–H groups in total. The van der Waals surface area contributed by atoms with Crippen molar-refractivity contribution in [1.82, 2.24) is 15.2 Å². The fraction of sp³-hybridized carbons (Fsp3) is 0.312. The molecule has 0 aliphatic carbocycles. The van der Waals surface area contributed by atoms with Gasteiger partial charge in [-0.05, 0) is 31.5 Å². The highest BCUT2D eigenvalue weighted by Crippen LogP contribution is 2.28. The van der Waals surface area contributed by atoms with Crippen LogP contribution in [0, 0.1) is 0 Å². The number of aryl methyl sites for hydroxylation is 2. The molecule has 1 unspecified atom stereocenters. The highest BCUT2D eigenvalue weighted by Gasteiger charge is 2.21. The molecule has 1 atom stereocenters. The standard InChI is InChI=1S/C16H20N4O/c1-3-12-10-13(20(4-2)19-12)16(18-17)15-9-11-7-5-6-8-14(11)21-15/h5-10,16,18H,3-4,17H2,1-2H3. The van der Waals surface area contributed by atoms with E-state index in [-0.39, 0.29) is 6.04 Å². The van der Waals surface area contributed by atoms with E-state index < -0.39 is 0 Å². The van der Waals surface area contributed by atoms with Gasteiger partial charge in [-0.15, -0.1) is 0 Å². The number of nitrogens with one attached hydrogen (secondary N) is 1. The maximum absolute atomic E-state index is 5.93. The van der Waals surface area contributed by atoms with E-state index in [4.69, 9.17) is 10.3 Å². The maximum Gasteiger partial charge on any atom is 0.134 e. The highest BCUT2D eigenvalue weighted by molar-refractivity contribution is 5.77. The molecule has 0 saturated heterocycles. The van der Waals surface area contributed by atoms with Gasteiger partial charge < -0.3 is 4.42 Å². The average molecular weight is 284 g/mol. The zero-order valence-electron chi connectivity index (χ0n) is 12.3. The number of furan rings is 1. The lowest BCUT2D eigenvalue weighted by molar-refractivity contribution is 0.451. The highest BCUT2D eigenvalue weighted by atomic mass is 16.3. The van der Waals surface area contributed by atoms with Gasteiger partial charge in [0.1, 0.15) is 17.4 Å². The summed E-state index contributed by atoms with van der Waals surface area (Å²) in [6.07, 6.45) is 0.900. The minimum Gasteiger partial charge on any atom is -0.459 e. The quantitative estimate of drug-likeness (QED) is 0.558. The molecule has 1 aromatic carbocycles. The van der Waals surface area contributed by atoms with Gasteiger partial charge in [-0.2, -0.15) is 5.10 Å². The third-order valence-electron chi connectivity index (χ3n) is 3.72. The van der Waals surface area contributed by atoms with Gasteiger partial charge in [0.15, 0.2) is 0 Å². The summed E-state index contributed by atoms with van der Waals surface area (Å²) in [5.41, 5.74) is 5.80.